The van der Waals surface area contributed by atoms with E-state index in [-0.39, 0.29) is 5.91 Å². The van der Waals surface area contributed by atoms with E-state index in [1.54, 1.807) is 24.3 Å². The number of rotatable bonds is 7. The van der Waals surface area contributed by atoms with Gasteiger partial charge in [0.05, 0.1) is 11.0 Å². The average molecular weight is 460 g/mol. The third-order valence-electron chi connectivity index (χ3n) is 5.01. The Balaban J connectivity index is 1.20. The number of hydrogen-bond acceptors (Lipinski definition) is 4. The van der Waals surface area contributed by atoms with Crippen LogP contribution in [0.1, 0.15) is 27.3 Å². The molecule has 4 N–H and O–H groups in total. The molecule has 0 fully saturated rings. The van der Waals surface area contributed by atoms with Crippen LogP contribution in [0.4, 0.5) is 0 Å². The Hall–Kier alpha value is -3.91. The minimum Gasteiger partial charge on any atom is -0.486 e. The van der Waals surface area contributed by atoms with Crippen LogP contribution in [0.15, 0.2) is 72.8 Å². The first-order chi connectivity index (χ1) is 16.1. The first-order valence-electron chi connectivity index (χ1n) is 10.6. The van der Waals surface area contributed by atoms with Crippen molar-refractivity contribution in [2.45, 2.75) is 20.0 Å². The number of aromatic nitrogens is 2. The standard InChI is InChI=1S/C25H25N5O2S/c1-17-7-12-21-22(15-17)28-23(27-21)16-32-20-10-8-19(9-11-20)24(31)29-30-25(33)26-14-13-18-5-3-2-4-6-18/h2-12,15H,13-14,16H2,1H3,(H,27,28)(H,29,31)(H2,26,30,33). The van der Waals surface area contributed by atoms with Gasteiger partial charge < -0.3 is 15.0 Å². The summed E-state index contributed by atoms with van der Waals surface area (Å²) in [7, 11) is 0. The molecule has 3 aromatic carbocycles. The Kier molecular flexibility index (Phi) is 7.16. The lowest BCUT2D eigenvalue weighted by Gasteiger charge is -2.12. The normalized spacial score (nSPS) is 10.6. The zero-order valence-electron chi connectivity index (χ0n) is 18.2. The molecule has 1 heterocycles. The number of H-pyrrole nitrogens is 1. The fourth-order valence-electron chi connectivity index (χ4n) is 3.29. The highest BCUT2D eigenvalue weighted by molar-refractivity contribution is 7.80. The smallest absolute Gasteiger partial charge is 0.269 e. The molecule has 33 heavy (non-hydrogen) atoms. The fourth-order valence-corrected chi connectivity index (χ4v) is 3.45. The Morgan fingerprint density at radius 1 is 1.03 bits per heavy atom. The second-order valence-corrected chi connectivity index (χ2v) is 8.00. The van der Waals surface area contributed by atoms with Crippen LogP contribution in [-0.4, -0.2) is 27.5 Å². The van der Waals surface area contributed by atoms with Gasteiger partial charge in [-0.2, -0.15) is 0 Å². The van der Waals surface area contributed by atoms with Gasteiger partial charge in [0, 0.05) is 12.1 Å². The molecule has 0 saturated heterocycles. The Labute approximate surface area is 197 Å². The number of amides is 1. The van der Waals surface area contributed by atoms with E-state index in [9.17, 15) is 4.79 Å². The highest BCUT2D eigenvalue weighted by Gasteiger charge is 2.08. The van der Waals surface area contributed by atoms with Gasteiger partial charge in [-0.1, -0.05) is 36.4 Å². The van der Waals surface area contributed by atoms with Gasteiger partial charge in [0.1, 0.15) is 18.2 Å². The van der Waals surface area contributed by atoms with E-state index in [1.165, 1.54) is 11.1 Å². The van der Waals surface area contributed by atoms with Crippen LogP contribution in [0.25, 0.3) is 11.0 Å². The molecule has 0 aliphatic rings. The van der Waals surface area contributed by atoms with Gasteiger partial charge in [-0.05, 0) is 73.1 Å². The molecule has 4 aromatic rings. The molecule has 0 bridgehead atoms. The van der Waals surface area contributed by atoms with Crippen LogP contribution in [0.2, 0.25) is 0 Å². The van der Waals surface area contributed by atoms with Crippen LogP contribution < -0.4 is 20.9 Å². The minimum atomic E-state index is -0.290. The summed E-state index contributed by atoms with van der Waals surface area (Å²) >= 11 is 5.20. The fraction of sp³-hybridized carbons (Fsp3) is 0.160. The lowest BCUT2D eigenvalue weighted by Crippen LogP contribution is -2.47. The zero-order valence-corrected chi connectivity index (χ0v) is 19.0. The number of nitrogens with one attached hydrogen (secondary N) is 4. The maximum atomic E-state index is 12.3. The molecular formula is C25H25N5O2S. The molecule has 168 valence electrons. The number of carbonyl (C=O) groups is 1. The highest BCUT2D eigenvalue weighted by atomic mass is 32.1. The molecule has 0 saturated carbocycles. The molecule has 0 atom stereocenters. The van der Waals surface area contributed by atoms with Crippen molar-refractivity contribution in [3.63, 3.8) is 0 Å². The Bertz CT molecular complexity index is 1240. The third kappa shape index (κ3) is 6.30. The van der Waals surface area contributed by atoms with Gasteiger partial charge in [0.2, 0.25) is 0 Å². The average Bonchev–Trinajstić information content (AvgIpc) is 3.24. The number of fused-ring (bicyclic) bond motifs is 1. The van der Waals surface area contributed by atoms with E-state index in [1.807, 2.05) is 37.3 Å². The number of hydrazine groups is 1. The number of nitrogens with zero attached hydrogens (tertiary/aromatic N) is 1. The van der Waals surface area contributed by atoms with E-state index < -0.39 is 0 Å². The largest absolute Gasteiger partial charge is 0.486 e. The first-order valence-corrected chi connectivity index (χ1v) is 11.0. The van der Waals surface area contributed by atoms with Crippen molar-refractivity contribution in [1.82, 2.24) is 26.1 Å². The van der Waals surface area contributed by atoms with Crippen molar-refractivity contribution in [2.24, 2.45) is 0 Å². The molecule has 1 amide bonds. The van der Waals surface area contributed by atoms with Crippen LogP contribution in [0.5, 0.6) is 5.75 Å². The van der Waals surface area contributed by atoms with Crippen molar-refractivity contribution in [2.75, 3.05) is 6.54 Å². The van der Waals surface area contributed by atoms with Crippen molar-refractivity contribution in [3.05, 3.63) is 95.3 Å². The van der Waals surface area contributed by atoms with E-state index >= 15 is 0 Å². The molecule has 0 aliphatic heterocycles. The van der Waals surface area contributed by atoms with Crippen LogP contribution >= 0.6 is 12.2 Å². The molecular weight excluding hydrogens is 434 g/mol. The SMILES string of the molecule is Cc1ccc2nc(COc3ccc(C(=O)NNC(=S)NCCc4ccccc4)cc3)[nH]c2c1. The van der Waals surface area contributed by atoms with Crippen molar-refractivity contribution in [3.8, 4) is 5.75 Å². The Morgan fingerprint density at radius 2 is 1.82 bits per heavy atom. The predicted molar refractivity (Wildman–Crippen MR) is 133 cm³/mol. The number of hydrogen-bond donors (Lipinski definition) is 4. The molecule has 0 unspecified atom stereocenters. The Morgan fingerprint density at radius 3 is 2.61 bits per heavy atom. The number of benzene rings is 3. The quantitative estimate of drug-likeness (QED) is 0.248. The summed E-state index contributed by atoms with van der Waals surface area (Å²) in [5.74, 6) is 1.10. The first kappa shape index (κ1) is 22.3. The summed E-state index contributed by atoms with van der Waals surface area (Å²) in [5, 5.41) is 3.43. The molecule has 7 nitrogen and oxygen atoms in total. The number of imidazole rings is 1. The minimum absolute atomic E-state index is 0.290. The van der Waals surface area contributed by atoms with Gasteiger partial charge in [0.25, 0.3) is 5.91 Å². The number of aromatic amines is 1. The maximum Gasteiger partial charge on any atom is 0.269 e. The zero-order chi connectivity index (χ0) is 23.0. The third-order valence-corrected chi connectivity index (χ3v) is 5.26. The van der Waals surface area contributed by atoms with Crippen molar-refractivity contribution < 1.29 is 9.53 Å². The monoisotopic (exact) mass is 459 g/mol. The van der Waals surface area contributed by atoms with Gasteiger partial charge >= 0.3 is 0 Å². The molecule has 0 radical (unpaired) electrons. The molecule has 0 aliphatic carbocycles. The van der Waals surface area contributed by atoms with Gasteiger partial charge in [-0.15, -0.1) is 0 Å². The topological polar surface area (TPSA) is 91.1 Å². The van der Waals surface area contributed by atoms with E-state index in [0.29, 0.717) is 29.6 Å². The summed E-state index contributed by atoms with van der Waals surface area (Å²) in [6.07, 6.45) is 0.839. The summed E-state index contributed by atoms with van der Waals surface area (Å²) in [4.78, 5) is 20.1. The maximum absolute atomic E-state index is 12.3. The van der Waals surface area contributed by atoms with Gasteiger partial charge in [0.15, 0.2) is 5.11 Å². The van der Waals surface area contributed by atoms with Gasteiger partial charge in [-0.3, -0.25) is 15.6 Å². The molecule has 8 heteroatoms. The van der Waals surface area contributed by atoms with Crippen molar-refractivity contribution >= 4 is 34.3 Å². The molecule has 0 spiro atoms. The number of ether oxygens (including phenoxy) is 1. The number of thiocarbonyl (C=S) groups is 1. The summed E-state index contributed by atoms with van der Waals surface area (Å²) in [6.45, 7) is 3.02. The summed E-state index contributed by atoms with van der Waals surface area (Å²) < 4.78 is 5.79. The number of carbonyl (C=O) groups excluding carboxylic acids is 1. The lowest BCUT2D eigenvalue weighted by molar-refractivity contribution is 0.0943. The van der Waals surface area contributed by atoms with Crippen LogP contribution in [0.3, 0.4) is 0 Å². The van der Waals surface area contributed by atoms with Crippen LogP contribution in [0, 0.1) is 6.92 Å². The number of aryl methyl sites for hydroxylation is 1. The van der Waals surface area contributed by atoms with Crippen molar-refractivity contribution in [1.29, 1.82) is 0 Å². The lowest BCUT2D eigenvalue weighted by atomic mass is 10.1. The molecule has 4 rings (SSSR count). The second kappa shape index (κ2) is 10.6. The molecule has 1 aromatic heterocycles. The van der Waals surface area contributed by atoms with E-state index in [2.05, 4.69) is 44.3 Å². The highest BCUT2D eigenvalue weighted by Crippen LogP contribution is 2.16. The van der Waals surface area contributed by atoms with E-state index in [4.69, 9.17) is 17.0 Å². The predicted octanol–water partition coefficient (Wildman–Crippen LogP) is 3.80. The second-order valence-electron chi connectivity index (χ2n) is 7.59. The summed E-state index contributed by atoms with van der Waals surface area (Å²) in [6, 6.07) is 23.1. The van der Waals surface area contributed by atoms with Crippen LogP contribution in [-0.2, 0) is 13.0 Å². The summed E-state index contributed by atoms with van der Waals surface area (Å²) in [5.41, 5.74) is 10.1. The van der Waals surface area contributed by atoms with E-state index in [0.717, 1.165) is 23.3 Å². The van der Waals surface area contributed by atoms with Gasteiger partial charge in [-0.25, -0.2) is 4.98 Å².